The van der Waals surface area contributed by atoms with Gasteiger partial charge in [0.15, 0.2) is 0 Å². The van der Waals surface area contributed by atoms with Crippen molar-refractivity contribution in [1.82, 2.24) is 10.2 Å². The van der Waals surface area contributed by atoms with E-state index in [1.807, 2.05) is 0 Å². The SMILES string of the molecule is COC1COCCC1NC1CC[C@@](C(=O)N2CC=C(c3ccccc3)CC2)(C(C)C)C1. The van der Waals surface area contributed by atoms with Crippen LogP contribution >= 0.6 is 0 Å². The fourth-order valence-corrected chi connectivity index (χ4v) is 5.70. The van der Waals surface area contributed by atoms with Crippen LogP contribution < -0.4 is 5.32 Å². The number of amides is 1. The lowest BCUT2D eigenvalue weighted by Gasteiger charge is -2.39. The van der Waals surface area contributed by atoms with Gasteiger partial charge in [0.1, 0.15) is 0 Å². The van der Waals surface area contributed by atoms with Crippen LogP contribution in [0.3, 0.4) is 0 Å². The molecule has 0 bridgehead atoms. The lowest BCUT2D eigenvalue weighted by atomic mass is 9.74. The summed E-state index contributed by atoms with van der Waals surface area (Å²) in [6.07, 6.45) is 7.19. The van der Waals surface area contributed by atoms with E-state index < -0.39 is 0 Å². The molecule has 1 aliphatic carbocycles. The van der Waals surface area contributed by atoms with Gasteiger partial charge in [0.2, 0.25) is 5.91 Å². The number of hydrogen-bond acceptors (Lipinski definition) is 4. The molecule has 1 amide bonds. The maximum Gasteiger partial charge on any atom is 0.229 e. The molecule has 31 heavy (non-hydrogen) atoms. The largest absolute Gasteiger partial charge is 0.379 e. The first kappa shape index (κ1) is 22.5. The van der Waals surface area contributed by atoms with Crippen molar-refractivity contribution >= 4 is 11.5 Å². The minimum absolute atomic E-state index is 0.0992. The fourth-order valence-electron chi connectivity index (χ4n) is 5.70. The molecule has 2 fully saturated rings. The lowest BCUT2D eigenvalue weighted by Crippen LogP contribution is -2.52. The normalized spacial score (nSPS) is 31.7. The van der Waals surface area contributed by atoms with E-state index in [0.717, 1.165) is 51.8 Å². The van der Waals surface area contributed by atoms with Gasteiger partial charge < -0.3 is 19.7 Å². The minimum atomic E-state index is -0.260. The Morgan fingerprint density at radius 3 is 2.74 bits per heavy atom. The Labute approximate surface area is 187 Å². The summed E-state index contributed by atoms with van der Waals surface area (Å²) in [7, 11) is 1.76. The van der Waals surface area contributed by atoms with Crippen LogP contribution in [0.1, 0.15) is 51.5 Å². The van der Waals surface area contributed by atoms with Crippen molar-refractivity contribution in [3.8, 4) is 0 Å². The van der Waals surface area contributed by atoms with Gasteiger partial charge in [-0.2, -0.15) is 0 Å². The first-order chi connectivity index (χ1) is 15.0. The topological polar surface area (TPSA) is 50.8 Å². The van der Waals surface area contributed by atoms with Gasteiger partial charge in [0, 0.05) is 38.9 Å². The molecule has 1 saturated carbocycles. The molecule has 2 heterocycles. The number of hydrogen-bond donors (Lipinski definition) is 1. The summed E-state index contributed by atoms with van der Waals surface area (Å²) in [6, 6.07) is 11.2. The zero-order chi connectivity index (χ0) is 21.8. The van der Waals surface area contributed by atoms with Crippen LogP contribution in [-0.4, -0.2) is 62.4 Å². The monoisotopic (exact) mass is 426 g/mol. The van der Waals surface area contributed by atoms with Crippen LogP contribution in [0.15, 0.2) is 36.4 Å². The van der Waals surface area contributed by atoms with Crippen molar-refractivity contribution in [3.05, 3.63) is 42.0 Å². The van der Waals surface area contributed by atoms with E-state index in [1.165, 1.54) is 11.1 Å². The molecule has 4 rings (SSSR count). The number of carbonyl (C=O) groups excluding carboxylic acids is 1. The number of ether oxygens (including phenoxy) is 2. The maximum absolute atomic E-state index is 13.8. The number of methoxy groups -OCH3 is 1. The van der Waals surface area contributed by atoms with Crippen molar-refractivity contribution in [2.75, 3.05) is 33.4 Å². The molecule has 170 valence electrons. The Morgan fingerprint density at radius 1 is 1.26 bits per heavy atom. The molecular weight excluding hydrogens is 388 g/mol. The number of benzene rings is 1. The number of nitrogens with zero attached hydrogens (tertiary/aromatic N) is 1. The molecular formula is C26H38N2O3. The Morgan fingerprint density at radius 2 is 2.06 bits per heavy atom. The second-order valence-electron chi connectivity index (χ2n) is 9.76. The van der Waals surface area contributed by atoms with Gasteiger partial charge in [-0.1, -0.05) is 50.3 Å². The quantitative estimate of drug-likeness (QED) is 0.750. The van der Waals surface area contributed by atoms with Crippen LogP contribution in [0.2, 0.25) is 0 Å². The first-order valence-corrected chi connectivity index (χ1v) is 11.9. The van der Waals surface area contributed by atoms with E-state index in [2.05, 4.69) is 60.5 Å². The molecule has 0 radical (unpaired) electrons. The summed E-state index contributed by atoms with van der Waals surface area (Å²) in [4.78, 5) is 15.9. The smallest absolute Gasteiger partial charge is 0.229 e. The van der Waals surface area contributed by atoms with Crippen molar-refractivity contribution in [1.29, 1.82) is 0 Å². The third-order valence-corrected chi connectivity index (χ3v) is 7.78. The van der Waals surface area contributed by atoms with E-state index in [4.69, 9.17) is 9.47 Å². The van der Waals surface area contributed by atoms with Gasteiger partial charge in [0.25, 0.3) is 0 Å². The molecule has 4 atom stereocenters. The van der Waals surface area contributed by atoms with E-state index in [-0.39, 0.29) is 11.5 Å². The predicted molar refractivity (Wildman–Crippen MR) is 124 cm³/mol. The predicted octanol–water partition coefficient (Wildman–Crippen LogP) is 3.89. The average molecular weight is 427 g/mol. The Bertz CT molecular complexity index is 778. The van der Waals surface area contributed by atoms with Gasteiger partial charge in [-0.05, 0) is 49.2 Å². The summed E-state index contributed by atoms with van der Waals surface area (Å²) in [6.45, 7) is 7.42. The summed E-state index contributed by atoms with van der Waals surface area (Å²) < 4.78 is 11.2. The lowest BCUT2D eigenvalue weighted by molar-refractivity contribution is -0.144. The van der Waals surface area contributed by atoms with E-state index in [9.17, 15) is 4.79 Å². The minimum Gasteiger partial charge on any atom is -0.379 e. The van der Waals surface area contributed by atoms with Crippen LogP contribution in [0.25, 0.3) is 5.57 Å². The van der Waals surface area contributed by atoms with Crippen molar-refractivity contribution in [3.63, 3.8) is 0 Å². The summed E-state index contributed by atoms with van der Waals surface area (Å²) in [5.74, 6) is 0.685. The molecule has 5 nitrogen and oxygen atoms in total. The van der Waals surface area contributed by atoms with E-state index in [1.54, 1.807) is 7.11 Å². The Kier molecular flexibility index (Phi) is 7.15. The maximum atomic E-state index is 13.8. The summed E-state index contributed by atoms with van der Waals surface area (Å²) in [5, 5.41) is 3.83. The van der Waals surface area contributed by atoms with Crippen LogP contribution in [0.4, 0.5) is 0 Å². The fraction of sp³-hybridized carbons (Fsp3) is 0.654. The van der Waals surface area contributed by atoms with E-state index in [0.29, 0.717) is 30.5 Å². The molecule has 0 aromatic heterocycles. The van der Waals surface area contributed by atoms with Gasteiger partial charge in [0.05, 0.1) is 18.1 Å². The number of nitrogens with one attached hydrogen (secondary N) is 1. The van der Waals surface area contributed by atoms with Gasteiger partial charge in [-0.25, -0.2) is 0 Å². The highest BCUT2D eigenvalue weighted by Gasteiger charge is 2.49. The van der Waals surface area contributed by atoms with Gasteiger partial charge in [-0.3, -0.25) is 4.79 Å². The van der Waals surface area contributed by atoms with Gasteiger partial charge >= 0.3 is 0 Å². The zero-order valence-electron chi connectivity index (χ0n) is 19.3. The highest BCUT2D eigenvalue weighted by molar-refractivity contribution is 5.84. The highest BCUT2D eigenvalue weighted by atomic mass is 16.5. The van der Waals surface area contributed by atoms with Crippen LogP contribution in [0, 0.1) is 11.3 Å². The Balaban J connectivity index is 1.41. The molecule has 3 unspecified atom stereocenters. The zero-order valence-corrected chi connectivity index (χ0v) is 19.3. The standard InChI is InChI=1S/C26H38N2O3/c1-19(2)26(13-9-22(17-26)27-23-12-16-31-18-24(23)30-3)25(29)28-14-10-21(11-15-28)20-7-5-4-6-8-20/h4-8,10,19,22-24,27H,9,11-18H2,1-3H3/t22?,23?,24?,26-/m0/s1. The van der Waals surface area contributed by atoms with Crippen molar-refractivity contribution < 1.29 is 14.3 Å². The highest BCUT2D eigenvalue weighted by Crippen LogP contribution is 2.46. The second-order valence-corrected chi connectivity index (χ2v) is 9.76. The molecule has 1 saturated heterocycles. The molecule has 1 N–H and O–H groups in total. The number of carbonyl (C=O) groups is 1. The van der Waals surface area contributed by atoms with Crippen LogP contribution in [0.5, 0.6) is 0 Å². The molecule has 3 aliphatic rings. The van der Waals surface area contributed by atoms with Crippen molar-refractivity contribution in [2.45, 2.75) is 64.1 Å². The molecule has 2 aliphatic heterocycles. The molecule has 0 spiro atoms. The molecule has 1 aromatic rings. The summed E-state index contributed by atoms with van der Waals surface area (Å²) >= 11 is 0. The third kappa shape index (κ3) is 4.74. The van der Waals surface area contributed by atoms with Gasteiger partial charge in [-0.15, -0.1) is 0 Å². The molecule has 1 aromatic carbocycles. The van der Waals surface area contributed by atoms with Crippen LogP contribution in [-0.2, 0) is 14.3 Å². The average Bonchev–Trinajstić information content (AvgIpc) is 3.25. The third-order valence-electron chi connectivity index (χ3n) is 7.78. The van der Waals surface area contributed by atoms with Crippen molar-refractivity contribution in [2.24, 2.45) is 11.3 Å². The number of rotatable bonds is 6. The van der Waals surface area contributed by atoms with E-state index >= 15 is 0 Å². The molecule has 5 heteroatoms. The second kappa shape index (κ2) is 9.85. The Hall–Kier alpha value is -1.69. The summed E-state index contributed by atoms with van der Waals surface area (Å²) in [5.41, 5.74) is 2.38. The first-order valence-electron chi connectivity index (χ1n) is 11.9.